The average molecular weight is 394 g/mol. The van der Waals surface area contributed by atoms with Crippen molar-refractivity contribution in [3.8, 4) is 11.5 Å². The van der Waals surface area contributed by atoms with Gasteiger partial charge in [0.1, 0.15) is 0 Å². The van der Waals surface area contributed by atoms with Crippen molar-refractivity contribution >= 4 is 17.8 Å². The molecule has 1 fully saturated rings. The van der Waals surface area contributed by atoms with Crippen molar-refractivity contribution in [3.05, 3.63) is 23.8 Å². The van der Waals surface area contributed by atoms with E-state index >= 15 is 0 Å². The SMILES string of the molecule is CCOc1cc(C(=O)OCC(=O)N(C)C)ccc1OCC(=O)N1CCOCC1. The monoisotopic (exact) mass is 394 g/mol. The van der Waals surface area contributed by atoms with Crippen LogP contribution in [-0.4, -0.2) is 87.8 Å². The summed E-state index contributed by atoms with van der Waals surface area (Å²) in [6.07, 6.45) is 0. The van der Waals surface area contributed by atoms with Crippen LogP contribution in [0.1, 0.15) is 17.3 Å². The van der Waals surface area contributed by atoms with Gasteiger partial charge in [-0.2, -0.15) is 0 Å². The maximum atomic E-state index is 12.2. The lowest BCUT2D eigenvalue weighted by Gasteiger charge is -2.26. The number of hydrogen-bond donors (Lipinski definition) is 0. The van der Waals surface area contributed by atoms with Gasteiger partial charge in [0.2, 0.25) is 0 Å². The van der Waals surface area contributed by atoms with E-state index in [-0.39, 0.29) is 30.6 Å². The summed E-state index contributed by atoms with van der Waals surface area (Å²) in [5.41, 5.74) is 0.224. The van der Waals surface area contributed by atoms with Gasteiger partial charge in [0.05, 0.1) is 25.4 Å². The third-order valence-corrected chi connectivity index (χ3v) is 4.02. The molecule has 2 rings (SSSR count). The Morgan fingerprint density at radius 3 is 2.43 bits per heavy atom. The molecule has 1 aromatic carbocycles. The fourth-order valence-corrected chi connectivity index (χ4v) is 2.41. The number of nitrogens with zero attached hydrogens (tertiary/aromatic N) is 2. The molecule has 0 saturated carbocycles. The van der Waals surface area contributed by atoms with Gasteiger partial charge in [-0.25, -0.2) is 4.79 Å². The van der Waals surface area contributed by atoms with Crippen LogP contribution in [0.5, 0.6) is 11.5 Å². The Bertz CT molecular complexity index is 700. The molecule has 28 heavy (non-hydrogen) atoms. The van der Waals surface area contributed by atoms with Crippen molar-refractivity contribution in [1.82, 2.24) is 9.80 Å². The van der Waals surface area contributed by atoms with Gasteiger partial charge < -0.3 is 28.7 Å². The highest BCUT2D eigenvalue weighted by molar-refractivity contribution is 5.92. The van der Waals surface area contributed by atoms with Gasteiger partial charge in [-0.1, -0.05) is 0 Å². The fraction of sp³-hybridized carbons (Fsp3) is 0.526. The minimum Gasteiger partial charge on any atom is -0.490 e. The molecule has 9 heteroatoms. The zero-order valence-electron chi connectivity index (χ0n) is 16.4. The largest absolute Gasteiger partial charge is 0.490 e. The van der Waals surface area contributed by atoms with E-state index in [1.807, 2.05) is 0 Å². The van der Waals surface area contributed by atoms with Crippen molar-refractivity contribution in [3.63, 3.8) is 0 Å². The van der Waals surface area contributed by atoms with Gasteiger partial charge in [-0.05, 0) is 25.1 Å². The molecule has 1 heterocycles. The molecule has 0 aliphatic carbocycles. The molecule has 154 valence electrons. The van der Waals surface area contributed by atoms with Crippen LogP contribution >= 0.6 is 0 Å². The Morgan fingerprint density at radius 1 is 1.07 bits per heavy atom. The van der Waals surface area contributed by atoms with Crippen LogP contribution in [0.4, 0.5) is 0 Å². The lowest BCUT2D eigenvalue weighted by Crippen LogP contribution is -2.43. The van der Waals surface area contributed by atoms with Crippen LogP contribution in [0.2, 0.25) is 0 Å². The molecule has 0 N–H and O–H groups in total. The van der Waals surface area contributed by atoms with E-state index < -0.39 is 5.97 Å². The number of hydrogen-bond acceptors (Lipinski definition) is 7. The predicted octanol–water partition coefficient (Wildman–Crippen LogP) is 0.568. The second kappa shape index (κ2) is 10.5. The van der Waals surface area contributed by atoms with E-state index in [2.05, 4.69) is 0 Å². The number of rotatable bonds is 8. The number of likely N-dealkylation sites (N-methyl/N-ethyl adjacent to an activating group) is 1. The van der Waals surface area contributed by atoms with Crippen LogP contribution in [0.15, 0.2) is 18.2 Å². The summed E-state index contributed by atoms with van der Waals surface area (Å²) in [6.45, 7) is 3.78. The van der Waals surface area contributed by atoms with Crippen LogP contribution in [0.3, 0.4) is 0 Å². The van der Waals surface area contributed by atoms with Gasteiger partial charge in [0.25, 0.3) is 11.8 Å². The number of esters is 1. The van der Waals surface area contributed by atoms with Crippen molar-refractivity contribution in [2.75, 3.05) is 60.2 Å². The summed E-state index contributed by atoms with van der Waals surface area (Å²) >= 11 is 0. The highest BCUT2D eigenvalue weighted by Gasteiger charge is 2.19. The molecule has 0 bridgehead atoms. The van der Waals surface area contributed by atoms with Crippen molar-refractivity contribution < 1.29 is 33.3 Å². The van der Waals surface area contributed by atoms with E-state index in [0.717, 1.165) is 0 Å². The summed E-state index contributed by atoms with van der Waals surface area (Å²) < 4.78 is 21.3. The Morgan fingerprint density at radius 2 is 1.79 bits per heavy atom. The second-order valence-electron chi connectivity index (χ2n) is 6.24. The lowest BCUT2D eigenvalue weighted by molar-refractivity contribution is -0.137. The molecule has 1 saturated heterocycles. The molecule has 2 amide bonds. The smallest absolute Gasteiger partial charge is 0.338 e. The molecule has 1 aliphatic rings. The van der Waals surface area contributed by atoms with Gasteiger partial charge in [-0.15, -0.1) is 0 Å². The third-order valence-electron chi connectivity index (χ3n) is 4.02. The maximum absolute atomic E-state index is 12.2. The average Bonchev–Trinajstić information content (AvgIpc) is 2.71. The predicted molar refractivity (Wildman–Crippen MR) is 99.5 cm³/mol. The lowest BCUT2D eigenvalue weighted by atomic mass is 10.2. The molecule has 0 radical (unpaired) electrons. The van der Waals surface area contributed by atoms with E-state index in [0.29, 0.717) is 44.4 Å². The molecule has 0 spiro atoms. The van der Waals surface area contributed by atoms with Gasteiger partial charge in [-0.3, -0.25) is 9.59 Å². The molecule has 9 nitrogen and oxygen atoms in total. The van der Waals surface area contributed by atoms with Crippen molar-refractivity contribution in [1.29, 1.82) is 0 Å². The molecular weight excluding hydrogens is 368 g/mol. The first-order valence-corrected chi connectivity index (χ1v) is 9.04. The van der Waals surface area contributed by atoms with Gasteiger partial charge >= 0.3 is 5.97 Å². The van der Waals surface area contributed by atoms with Gasteiger partial charge in [0, 0.05) is 27.2 Å². The third kappa shape index (κ3) is 6.12. The topological polar surface area (TPSA) is 94.6 Å². The zero-order valence-corrected chi connectivity index (χ0v) is 16.4. The summed E-state index contributed by atoms with van der Waals surface area (Å²) in [7, 11) is 3.15. The minimum absolute atomic E-state index is 0.138. The molecule has 0 atom stereocenters. The molecular formula is C19H26N2O7. The van der Waals surface area contributed by atoms with E-state index in [1.54, 1.807) is 32.0 Å². The van der Waals surface area contributed by atoms with Crippen molar-refractivity contribution in [2.45, 2.75) is 6.92 Å². The summed E-state index contributed by atoms with van der Waals surface area (Å²) in [5, 5.41) is 0. The normalized spacial score (nSPS) is 13.6. The molecule has 0 unspecified atom stereocenters. The Kier molecular flexibility index (Phi) is 8.06. The second-order valence-corrected chi connectivity index (χ2v) is 6.24. The zero-order chi connectivity index (χ0) is 20.5. The van der Waals surface area contributed by atoms with E-state index in [9.17, 15) is 14.4 Å². The van der Waals surface area contributed by atoms with Crippen LogP contribution in [0.25, 0.3) is 0 Å². The van der Waals surface area contributed by atoms with Crippen LogP contribution < -0.4 is 9.47 Å². The summed E-state index contributed by atoms with van der Waals surface area (Å²) in [4.78, 5) is 38.9. The van der Waals surface area contributed by atoms with E-state index in [1.165, 1.54) is 17.0 Å². The van der Waals surface area contributed by atoms with E-state index in [4.69, 9.17) is 18.9 Å². The number of carbonyl (C=O) groups excluding carboxylic acids is 3. The van der Waals surface area contributed by atoms with Crippen molar-refractivity contribution in [2.24, 2.45) is 0 Å². The first-order valence-electron chi connectivity index (χ1n) is 9.04. The number of benzene rings is 1. The quantitative estimate of drug-likeness (QED) is 0.595. The molecule has 1 aliphatic heterocycles. The number of ether oxygens (including phenoxy) is 4. The number of amides is 2. The number of morpholine rings is 1. The first-order chi connectivity index (χ1) is 13.4. The molecule has 0 aromatic heterocycles. The fourth-order valence-electron chi connectivity index (χ4n) is 2.41. The Labute approximate surface area is 164 Å². The Balaban J connectivity index is 1.99. The maximum Gasteiger partial charge on any atom is 0.338 e. The van der Waals surface area contributed by atoms with Gasteiger partial charge in [0.15, 0.2) is 24.7 Å². The Hall–Kier alpha value is -2.81. The summed E-state index contributed by atoms with van der Waals surface area (Å²) in [6, 6.07) is 4.52. The number of carbonyl (C=O) groups is 3. The highest BCUT2D eigenvalue weighted by atomic mass is 16.5. The minimum atomic E-state index is -0.646. The standard InChI is InChI=1S/C19H26N2O7/c1-4-26-16-11-14(19(24)28-12-17(22)20(2)3)5-6-15(16)27-13-18(23)21-7-9-25-10-8-21/h5-6,11H,4,7-10,12-13H2,1-3H3. The summed E-state index contributed by atoms with van der Waals surface area (Å²) in [5.74, 6) is -0.432. The highest BCUT2D eigenvalue weighted by Crippen LogP contribution is 2.29. The first kappa shape index (κ1) is 21.5. The molecule has 1 aromatic rings. The van der Waals surface area contributed by atoms with Crippen LogP contribution in [-0.2, 0) is 19.1 Å². The van der Waals surface area contributed by atoms with Crippen LogP contribution in [0, 0.1) is 0 Å².